The highest BCUT2D eigenvalue weighted by Crippen LogP contribution is 2.28. The molecule has 1 saturated heterocycles. The standard InChI is InChI=1S/C10H19NO2/c1-2-13-8-6-11(7-8)9-4-3-5-10(9)12/h8-10,12H,2-7H2,1H3. The zero-order chi connectivity index (χ0) is 9.26. The van der Waals surface area contributed by atoms with Crippen LogP contribution < -0.4 is 0 Å². The minimum Gasteiger partial charge on any atom is -0.391 e. The van der Waals surface area contributed by atoms with E-state index in [9.17, 15) is 5.11 Å². The molecule has 0 spiro atoms. The Bertz CT molecular complexity index is 168. The molecule has 3 heteroatoms. The highest BCUT2D eigenvalue weighted by atomic mass is 16.5. The lowest BCUT2D eigenvalue weighted by molar-refractivity contribution is -0.0838. The third kappa shape index (κ3) is 1.87. The molecule has 13 heavy (non-hydrogen) atoms. The van der Waals surface area contributed by atoms with Gasteiger partial charge in [-0.1, -0.05) is 0 Å². The Morgan fingerprint density at radius 3 is 2.69 bits per heavy atom. The fraction of sp³-hybridized carbons (Fsp3) is 1.00. The lowest BCUT2D eigenvalue weighted by Gasteiger charge is -2.43. The molecule has 2 fully saturated rings. The molecule has 0 amide bonds. The van der Waals surface area contributed by atoms with Crippen molar-refractivity contribution in [2.24, 2.45) is 0 Å². The van der Waals surface area contributed by atoms with Crippen molar-refractivity contribution in [1.29, 1.82) is 0 Å². The molecule has 76 valence electrons. The molecule has 0 aromatic carbocycles. The van der Waals surface area contributed by atoms with Crippen LogP contribution in [0.15, 0.2) is 0 Å². The summed E-state index contributed by atoms with van der Waals surface area (Å²) in [7, 11) is 0. The van der Waals surface area contributed by atoms with Crippen LogP contribution in [0, 0.1) is 0 Å². The highest BCUT2D eigenvalue weighted by molar-refractivity contribution is 4.92. The third-order valence-corrected chi connectivity index (χ3v) is 3.19. The van der Waals surface area contributed by atoms with Gasteiger partial charge in [0, 0.05) is 25.7 Å². The molecule has 0 aromatic rings. The maximum atomic E-state index is 9.66. The van der Waals surface area contributed by atoms with Gasteiger partial charge in [-0.2, -0.15) is 0 Å². The number of hydrogen-bond donors (Lipinski definition) is 1. The number of aliphatic hydroxyl groups excluding tert-OH is 1. The quantitative estimate of drug-likeness (QED) is 0.699. The van der Waals surface area contributed by atoms with Crippen molar-refractivity contribution in [3.63, 3.8) is 0 Å². The number of ether oxygens (including phenoxy) is 1. The summed E-state index contributed by atoms with van der Waals surface area (Å²) >= 11 is 0. The average Bonchev–Trinajstić information content (AvgIpc) is 2.43. The summed E-state index contributed by atoms with van der Waals surface area (Å²) in [5.74, 6) is 0. The van der Waals surface area contributed by atoms with Crippen LogP contribution in [-0.4, -0.2) is 48.0 Å². The van der Waals surface area contributed by atoms with E-state index < -0.39 is 0 Å². The van der Waals surface area contributed by atoms with Crippen molar-refractivity contribution in [2.75, 3.05) is 19.7 Å². The van der Waals surface area contributed by atoms with E-state index >= 15 is 0 Å². The second kappa shape index (κ2) is 3.95. The van der Waals surface area contributed by atoms with E-state index in [0.29, 0.717) is 12.1 Å². The first-order valence-corrected chi connectivity index (χ1v) is 5.35. The van der Waals surface area contributed by atoms with E-state index in [0.717, 1.165) is 26.1 Å². The summed E-state index contributed by atoms with van der Waals surface area (Å²) in [5, 5.41) is 9.66. The van der Waals surface area contributed by atoms with Gasteiger partial charge in [-0.3, -0.25) is 4.90 Å². The van der Waals surface area contributed by atoms with Crippen LogP contribution in [0.3, 0.4) is 0 Å². The van der Waals surface area contributed by atoms with Crippen molar-refractivity contribution < 1.29 is 9.84 Å². The van der Waals surface area contributed by atoms with Gasteiger partial charge in [-0.05, 0) is 26.2 Å². The van der Waals surface area contributed by atoms with Crippen molar-refractivity contribution in [1.82, 2.24) is 4.90 Å². The molecular formula is C10H19NO2. The van der Waals surface area contributed by atoms with Gasteiger partial charge >= 0.3 is 0 Å². The van der Waals surface area contributed by atoms with Crippen molar-refractivity contribution in [3.05, 3.63) is 0 Å². The van der Waals surface area contributed by atoms with Gasteiger partial charge < -0.3 is 9.84 Å². The molecule has 0 radical (unpaired) electrons. The SMILES string of the molecule is CCOC1CN(C2CCCC2O)C1. The lowest BCUT2D eigenvalue weighted by Crippen LogP contribution is -2.58. The smallest absolute Gasteiger partial charge is 0.0828 e. The highest BCUT2D eigenvalue weighted by Gasteiger charge is 2.38. The number of likely N-dealkylation sites (tertiary alicyclic amines) is 1. The summed E-state index contributed by atoms with van der Waals surface area (Å²) in [6.45, 7) is 4.89. The Kier molecular flexibility index (Phi) is 2.86. The van der Waals surface area contributed by atoms with Crippen LogP contribution in [0.1, 0.15) is 26.2 Å². The van der Waals surface area contributed by atoms with E-state index in [1.165, 1.54) is 12.8 Å². The molecule has 0 aromatic heterocycles. The molecule has 1 N–H and O–H groups in total. The second-order valence-corrected chi connectivity index (χ2v) is 4.10. The van der Waals surface area contributed by atoms with Gasteiger partial charge in [-0.15, -0.1) is 0 Å². The molecule has 1 saturated carbocycles. The maximum Gasteiger partial charge on any atom is 0.0828 e. The Balaban J connectivity index is 1.73. The first-order chi connectivity index (χ1) is 6.31. The summed E-state index contributed by atoms with van der Waals surface area (Å²) in [6.07, 6.45) is 3.68. The Morgan fingerprint density at radius 2 is 2.15 bits per heavy atom. The van der Waals surface area contributed by atoms with Crippen LogP contribution in [0.5, 0.6) is 0 Å². The predicted octanol–water partition coefficient (Wildman–Crippen LogP) is 0.620. The molecule has 3 nitrogen and oxygen atoms in total. The molecule has 2 unspecified atom stereocenters. The first-order valence-electron chi connectivity index (χ1n) is 5.35. The van der Waals surface area contributed by atoms with Crippen LogP contribution >= 0.6 is 0 Å². The molecule has 0 bridgehead atoms. The number of hydrogen-bond acceptors (Lipinski definition) is 3. The second-order valence-electron chi connectivity index (χ2n) is 4.10. The molecule has 2 aliphatic rings. The fourth-order valence-corrected chi connectivity index (χ4v) is 2.43. The summed E-state index contributed by atoms with van der Waals surface area (Å²) in [4.78, 5) is 2.36. The van der Waals surface area contributed by atoms with Gasteiger partial charge in [0.2, 0.25) is 0 Å². The van der Waals surface area contributed by atoms with E-state index in [4.69, 9.17) is 4.74 Å². The van der Waals surface area contributed by atoms with Gasteiger partial charge in [0.25, 0.3) is 0 Å². The fourth-order valence-electron chi connectivity index (χ4n) is 2.43. The Labute approximate surface area is 79.7 Å². The third-order valence-electron chi connectivity index (χ3n) is 3.19. The predicted molar refractivity (Wildman–Crippen MR) is 50.6 cm³/mol. The van der Waals surface area contributed by atoms with Crippen LogP contribution in [0.2, 0.25) is 0 Å². The van der Waals surface area contributed by atoms with E-state index in [1.54, 1.807) is 0 Å². The van der Waals surface area contributed by atoms with Gasteiger partial charge in [0.05, 0.1) is 12.2 Å². The van der Waals surface area contributed by atoms with E-state index in [2.05, 4.69) is 4.90 Å². The monoisotopic (exact) mass is 185 g/mol. The Hall–Kier alpha value is -0.120. The first kappa shape index (κ1) is 9.44. The van der Waals surface area contributed by atoms with Gasteiger partial charge in [-0.25, -0.2) is 0 Å². The van der Waals surface area contributed by atoms with Crippen LogP contribution in [-0.2, 0) is 4.74 Å². The molecule has 2 rings (SSSR count). The molecular weight excluding hydrogens is 166 g/mol. The lowest BCUT2D eigenvalue weighted by atomic mass is 10.1. The van der Waals surface area contributed by atoms with Crippen LogP contribution in [0.25, 0.3) is 0 Å². The summed E-state index contributed by atoms with van der Waals surface area (Å²) in [6, 6.07) is 0.428. The van der Waals surface area contributed by atoms with Gasteiger partial charge in [0.1, 0.15) is 0 Å². The molecule has 1 aliphatic carbocycles. The van der Waals surface area contributed by atoms with Crippen LogP contribution in [0.4, 0.5) is 0 Å². The van der Waals surface area contributed by atoms with Gasteiger partial charge in [0.15, 0.2) is 0 Å². The largest absolute Gasteiger partial charge is 0.391 e. The number of rotatable bonds is 3. The Morgan fingerprint density at radius 1 is 1.38 bits per heavy atom. The minimum absolute atomic E-state index is 0.0809. The minimum atomic E-state index is -0.0809. The van der Waals surface area contributed by atoms with E-state index in [1.807, 2.05) is 6.92 Å². The molecule has 1 aliphatic heterocycles. The zero-order valence-corrected chi connectivity index (χ0v) is 8.28. The molecule has 2 atom stereocenters. The average molecular weight is 185 g/mol. The summed E-state index contributed by atoms with van der Waals surface area (Å²) < 4.78 is 5.48. The van der Waals surface area contributed by atoms with Crippen molar-refractivity contribution in [3.8, 4) is 0 Å². The van der Waals surface area contributed by atoms with Crippen molar-refractivity contribution in [2.45, 2.75) is 44.4 Å². The number of aliphatic hydroxyl groups is 1. The summed E-state index contributed by atoms with van der Waals surface area (Å²) in [5.41, 5.74) is 0. The van der Waals surface area contributed by atoms with Crippen molar-refractivity contribution >= 4 is 0 Å². The zero-order valence-electron chi connectivity index (χ0n) is 8.28. The normalized spacial score (nSPS) is 36.5. The number of nitrogens with zero attached hydrogens (tertiary/aromatic N) is 1. The van der Waals surface area contributed by atoms with E-state index in [-0.39, 0.29) is 6.10 Å². The topological polar surface area (TPSA) is 32.7 Å². The molecule has 1 heterocycles. The maximum absolute atomic E-state index is 9.66.